The Balaban J connectivity index is 1.74. The summed E-state index contributed by atoms with van der Waals surface area (Å²) in [6.45, 7) is 1.85. The Morgan fingerprint density at radius 1 is 1.37 bits per heavy atom. The molecule has 0 aliphatic heterocycles. The van der Waals surface area contributed by atoms with Crippen LogP contribution in [0.4, 0.5) is 0 Å². The van der Waals surface area contributed by atoms with E-state index in [0.29, 0.717) is 6.42 Å². The molecule has 1 aliphatic rings. The average molecular weight is 264 g/mol. The monoisotopic (exact) mass is 264 g/mol. The molecule has 104 valence electrons. The van der Waals surface area contributed by atoms with Crippen molar-refractivity contribution in [3.8, 4) is 0 Å². The van der Waals surface area contributed by atoms with Gasteiger partial charge in [-0.25, -0.2) is 0 Å². The summed E-state index contributed by atoms with van der Waals surface area (Å²) in [5.41, 5.74) is 0. The predicted molar refractivity (Wildman–Crippen MR) is 70.4 cm³/mol. The zero-order valence-electron chi connectivity index (χ0n) is 11.1. The van der Waals surface area contributed by atoms with Crippen molar-refractivity contribution < 1.29 is 14.0 Å². The van der Waals surface area contributed by atoms with Crippen LogP contribution in [-0.4, -0.2) is 23.9 Å². The summed E-state index contributed by atoms with van der Waals surface area (Å²) in [7, 11) is 0. The molecule has 0 spiro atoms. The molecule has 1 atom stereocenters. The van der Waals surface area contributed by atoms with Crippen molar-refractivity contribution in [1.29, 1.82) is 0 Å². The minimum atomic E-state index is -0.564. The largest absolute Gasteiger partial charge is 0.469 e. The van der Waals surface area contributed by atoms with Gasteiger partial charge in [0.1, 0.15) is 5.76 Å². The maximum atomic E-state index is 11.7. The minimum Gasteiger partial charge on any atom is -0.469 e. The van der Waals surface area contributed by atoms with Crippen LogP contribution in [0.2, 0.25) is 0 Å². The molecule has 1 aromatic heterocycles. The Kier molecular flexibility index (Phi) is 4.60. The number of rotatable bonds is 4. The van der Waals surface area contributed by atoms with Crippen LogP contribution in [0.5, 0.6) is 0 Å². The van der Waals surface area contributed by atoms with Gasteiger partial charge in [0.15, 0.2) is 0 Å². The van der Waals surface area contributed by atoms with Gasteiger partial charge in [0, 0.05) is 18.5 Å². The van der Waals surface area contributed by atoms with E-state index in [-0.39, 0.29) is 12.1 Å². The fourth-order valence-corrected chi connectivity index (χ4v) is 2.39. The lowest BCUT2D eigenvalue weighted by molar-refractivity contribution is -0.140. The predicted octanol–water partition coefficient (Wildman–Crippen LogP) is 1.39. The second-order valence-electron chi connectivity index (χ2n) is 5.11. The Hall–Kier alpha value is -1.78. The van der Waals surface area contributed by atoms with Crippen LogP contribution in [0, 0.1) is 0 Å². The van der Waals surface area contributed by atoms with E-state index in [9.17, 15) is 9.59 Å². The molecule has 0 radical (unpaired) electrons. The standard InChI is InChI=1S/C14H20N2O3/c1-10(9-12-7-4-8-19-12)15-13(17)14(18)16-11-5-2-3-6-11/h4,7-8,10-11H,2-3,5-6,9H2,1H3,(H,15,17)(H,16,18). The average Bonchev–Trinajstić information content (AvgIpc) is 3.01. The molecule has 19 heavy (non-hydrogen) atoms. The third-order valence-corrected chi connectivity index (χ3v) is 3.36. The summed E-state index contributed by atoms with van der Waals surface area (Å²) >= 11 is 0. The van der Waals surface area contributed by atoms with Gasteiger partial charge in [-0.15, -0.1) is 0 Å². The van der Waals surface area contributed by atoms with Crippen LogP contribution in [-0.2, 0) is 16.0 Å². The van der Waals surface area contributed by atoms with Gasteiger partial charge in [0.05, 0.1) is 6.26 Å². The van der Waals surface area contributed by atoms with Gasteiger partial charge < -0.3 is 15.1 Å². The van der Waals surface area contributed by atoms with Crippen LogP contribution < -0.4 is 10.6 Å². The first-order valence-electron chi connectivity index (χ1n) is 6.79. The van der Waals surface area contributed by atoms with Crippen molar-refractivity contribution in [1.82, 2.24) is 10.6 Å². The fraction of sp³-hybridized carbons (Fsp3) is 0.571. The highest BCUT2D eigenvalue weighted by molar-refractivity contribution is 6.35. The van der Waals surface area contributed by atoms with E-state index in [1.54, 1.807) is 12.3 Å². The molecule has 2 rings (SSSR count). The molecule has 2 amide bonds. The SMILES string of the molecule is CC(Cc1ccco1)NC(=O)C(=O)NC1CCCC1. The Morgan fingerprint density at radius 2 is 2.11 bits per heavy atom. The Morgan fingerprint density at radius 3 is 2.74 bits per heavy atom. The van der Waals surface area contributed by atoms with Gasteiger partial charge in [0.2, 0.25) is 0 Å². The molecule has 1 aromatic rings. The highest BCUT2D eigenvalue weighted by atomic mass is 16.3. The van der Waals surface area contributed by atoms with Crippen LogP contribution in [0.3, 0.4) is 0 Å². The van der Waals surface area contributed by atoms with Crippen molar-refractivity contribution >= 4 is 11.8 Å². The van der Waals surface area contributed by atoms with Gasteiger partial charge in [0.25, 0.3) is 0 Å². The molecule has 5 heteroatoms. The topological polar surface area (TPSA) is 71.3 Å². The lowest BCUT2D eigenvalue weighted by Crippen LogP contribution is -2.46. The minimum absolute atomic E-state index is 0.132. The molecule has 2 N–H and O–H groups in total. The number of amides is 2. The Bertz CT molecular complexity index is 422. The van der Waals surface area contributed by atoms with Gasteiger partial charge in [-0.2, -0.15) is 0 Å². The van der Waals surface area contributed by atoms with Crippen molar-refractivity contribution in [2.75, 3.05) is 0 Å². The Labute approximate surface area is 112 Å². The zero-order chi connectivity index (χ0) is 13.7. The molecule has 5 nitrogen and oxygen atoms in total. The highest BCUT2D eigenvalue weighted by Crippen LogP contribution is 2.17. The summed E-state index contributed by atoms with van der Waals surface area (Å²) in [4.78, 5) is 23.4. The van der Waals surface area contributed by atoms with Crippen LogP contribution >= 0.6 is 0 Å². The van der Waals surface area contributed by atoms with E-state index >= 15 is 0 Å². The smallest absolute Gasteiger partial charge is 0.309 e. The molecule has 1 saturated carbocycles. The number of hydrogen-bond acceptors (Lipinski definition) is 3. The number of carbonyl (C=O) groups is 2. The van der Waals surface area contributed by atoms with Crippen LogP contribution in [0.1, 0.15) is 38.4 Å². The van der Waals surface area contributed by atoms with Crippen molar-refractivity contribution in [3.63, 3.8) is 0 Å². The lowest BCUT2D eigenvalue weighted by atomic mass is 10.2. The number of furan rings is 1. The molecule has 0 saturated heterocycles. The number of hydrogen-bond donors (Lipinski definition) is 2. The third kappa shape index (κ3) is 4.12. The second kappa shape index (κ2) is 6.41. The number of nitrogens with one attached hydrogen (secondary N) is 2. The molecule has 1 fully saturated rings. The fourth-order valence-electron chi connectivity index (χ4n) is 2.39. The molecular formula is C14H20N2O3. The highest BCUT2D eigenvalue weighted by Gasteiger charge is 2.22. The molecule has 0 bridgehead atoms. The first-order chi connectivity index (χ1) is 9.15. The maximum Gasteiger partial charge on any atom is 0.309 e. The van der Waals surface area contributed by atoms with Gasteiger partial charge in [-0.3, -0.25) is 9.59 Å². The first kappa shape index (κ1) is 13.6. The van der Waals surface area contributed by atoms with Gasteiger partial charge >= 0.3 is 11.8 Å². The van der Waals surface area contributed by atoms with E-state index in [4.69, 9.17) is 4.42 Å². The van der Waals surface area contributed by atoms with Crippen molar-refractivity contribution in [2.45, 2.75) is 51.1 Å². The molecule has 1 aliphatic carbocycles. The van der Waals surface area contributed by atoms with Crippen molar-refractivity contribution in [2.24, 2.45) is 0 Å². The summed E-state index contributed by atoms with van der Waals surface area (Å²) in [5, 5.41) is 5.45. The molecular weight excluding hydrogens is 244 g/mol. The van der Waals surface area contributed by atoms with E-state index < -0.39 is 11.8 Å². The van der Waals surface area contributed by atoms with E-state index in [1.165, 1.54) is 0 Å². The van der Waals surface area contributed by atoms with Crippen molar-refractivity contribution in [3.05, 3.63) is 24.2 Å². The van der Waals surface area contributed by atoms with Gasteiger partial charge in [-0.1, -0.05) is 12.8 Å². The normalized spacial score (nSPS) is 17.1. The molecule has 0 aromatic carbocycles. The summed E-state index contributed by atoms with van der Waals surface area (Å²) in [6.07, 6.45) is 6.37. The van der Waals surface area contributed by atoms with Crippen LogP contribution in [0.25, 0.3) is 0 Å². The first-order valence-corrected chi connectivity index (χ1v) is 6.79. The molecule has 1 unspecified atom stereocenters. The van der Waals surface area contributed by atoms with E-state index in [1.807, 2.05) is 13.0 Å². The lowest BCUT2D eigenvalue weighted by Gasteiger charge is -2.14. The number of carbonyl (C=O) groups excluding carboxylic acids is 2. The summed E-state index contributed by atoms with van der Waals surface area (Å²) in [6, 6.07) is 3.68. The maximum absolute atomic E-state index is 11.7. The second-order valence-corrected chi connectivity index (χ2v) is 5.11. The summed E-state index contributed by atoms with van der Waals surface area (Å²) in [5.74, 6) is -0.298. The van der Waals surface area contributed by atoms with E-state index in [2.05, 4.69) is 10.6 Å². The summed E-state index contributed by atoms with van der Waals surface area (Å²) < 4.78 is 5.20. The quantitative estimate of drug-likeness (QED) is 0.807. The third-order valence-electron chi connectivity index (χ3n) is 3.36. The zero-order valence-corrected chi connectivity index (χ0v) is 11.1. The van der Waals surface area contributed by atoms with E-state index in [0.717, 1.165) is 31.4 Å². The van der Waals surface area contributed by atoms with Crippen LogP contribution in [0.15, 0.2) is 22.8 Å². The van der Waals surface area contributed by atoms with Gasteiger partial charge in [-0.05, 0) is 31.9 Å². The molecule has 1 heterocycles.